The fourth-order valence-corrected chi connectivity index (χ4v) is 3.40. The van der Waals surface area contributed by atoms with Gasteiger partial charge in [0.15, 0.2) is 0 Å². The minimum Gasteiger partial charge on any atom is -0.343 e. The van der Waals surface area contributed by atoms with Gasteiger partial charge in [0.2, 0.25) is 5.91 Å². The number of likely N-dealkylation sites (N-methyl/N-ethyl adjacent to an activating group) is 1. The molecule has 1 atom stereocenters. The summed E-state index contributed by atoms with van der Waals surface area (Å²) in [7, 11) is 1.76. The van der Waals surface area contributed by atoms with Crippen molar-refractivity contribution in [3.05, 3.63) is 33.8 Å². The maximum absolute atomic E-state index is 12.9. The molecule has 0 aliphatic carbocycles. The quantitative estimate of drug-likeness (QED) is 0.846. The predicted molar refractivity (Wildman–Crippen MR) is 101 cm³/mol. The molecule has 0 radical (unpaired) electrons. The zero-order valence-corrected chi connectivity index (χ0v) is 16.4. The Bertz CT molecular complexity index is 664. The first kappa shape index (κ1) is 20.0. The molecule has 1 unspecified atom stereocenters. The summed E-state index contributed by atoms with van der Waals surface area (Å²) in [6.07, 6.45) is 1.47. The molecule has 138 valence electrons. The van der Waals surface area contributed by atoms with Crippen molar-refractivity contribution in [1.29, 1.82) is 0 Å². The summed E-state index contributed by atoms with van der Waals surface area (Å²) < 4.78 is 0. The normalized spacial score (nSPS) is 17.7. The molecule has 0 bridgehead atoms. The van der Waals surface area contributed by atoms with Crippen LogP contribution in [-0.4, -0.2) is 54.3 Å². The summed E-state index contributed by atoms with van der Waals surface area (Å²) in [5, 5.41) is 0.729. The molecule has 1 aliphatic heterocycles. The van der Waals surface area contributed by atoms with Crippen molar-refractivity contribution in [2.45, 2.75) is 32.7 Å². The molecule has 0 aromatic heterocycles. The Balaban J connectivity index is 2.14. The van der Waals surface area contributed by atoms with E-state index in [-0.39, 0.29) is 17.2 Å². The number of hydrogen-bond acceptors (Lipinski definition) is 3. The molecule has 2 amide bonds. The minimum absolute atomic E-state index is 0.0487. The molecule has 1 aromatic carbocycles. The molecule has 1 aliphatic rings. The van der Waals surface area contributed by atoms with E-state index >= 15 is 0 Å². The molecule has 1 aromatic rings. The number of carbonyl (C=O) groups is 2. The largest absolute Gasteiger partial charge is 0.343 e. The van der Waals surface area contributed by atoms with E-state index in [1.54, 1.807) is 35.0 Å². The molecule has 0 saturated carbocycles. The van der Waals surface area contributed by atoms with Gasteiger partial charge in [0.25, 0.3) is 5.91 Å². The second-order valence-electron chi connectivity index (χ2n) is 7.35. The van der Waals surface area contributed by atoms with Gasteiger partial charge in [-0.05, 0) is 43.0 Å². The van der Waals surface area contributed by atoms with E-state index < -0.39 is 6.04 Å². The molecular formula is C18H25Cl2N3O2. The van der Waals surface area contributed by atoms with Crippen molar-refractivity contribution in [2.75, 3.05) is 26.7 Å². The second-order valence-corrected chi connectivity index (χ2v) is 8.16. The maximum Gasteiger partial charge on any atom is 0.254 e. The molecule has 2 rings (SSSR count). The first-order chi connectivity index (χ1) is 11.7. The van der Waals surface area contributed by atoms with Gasteiger partial charge >= 0.3 is 0 Å². The van der Waals surface area contributed by atoms with Crippen LogP contribution in [0.5, 0.6) is 0 Å². The van der Waals surface area contributed by atoms with Crippen LogP contribution in [0, 0.1) is 5.41 Å². The van der Waals surface area contributed by atoms with Crippen LogP contribution < -0.4 is 5.73 Å². The van der Waals surface area contributed by atoms with E-state index in [9.17, 15) is 9.59 Å². The summed E-state index contributed by atoms with van der Waals surface area (Å²) in [4.78, 5) is 29.0. The highest BCUT2D eigenvalue weighted by molar-refractivity contribution is 6.42. The maximum atomic E-state index is 12.9. The number of rotatable bonds is 5. The Hall–Kier alpha value is -1.30. The van der Waals surface area contributed by atoms with Crippen LogP contribution in [0.15, 0.2) is 18.2 Å². The zero-order valence-electron chi connectivity index (χ0n) is 14.9. The summed E-state index contributed by atoms with van der Waals surface area (Å²) in [5.74, 6) is -0.242. The molecule has 1 fully saturated rings. The average molecular weight is 386 g/mol. The van der Waals surface area contributed by atoms with Crippen LogP contribution in [0.4, 0.5) is 0 Å². The van der Waals surface area contributed by atoms with E-state index in [2.05, 4.69) is 0 Å². The summed E-state index contributed by atoms with van der Waals surface area (Å²) >= 11 is 11.9. The highest BCUT2D eigenvalue weighted by Crippen LogP contribution is 2.27. The van der Waals surface area contributed by atoms with E-state index in [1.165, 1.54) is 0 Å². The molecular weight excluding hydrogens is 361 g/mol. The summed E-state index contributed by atoms with van der Waals surface area (Å²) in [5.41, 5.74) is 6.04. The van der Waals surface area contributed by atoms with Crippen LogP contribution in [0.1, 0.15) is 37.0 Å². The number of amides is 2. The van der Waals surface area contributed by atoms with Crippen molar-refractivity contribution < 1.29 is 9.59 Å². The zero-order chi connectivity index (χ0) is 18.8. The van der Waals surface area contributed by atoms with Gasteiger partial charge in [-0.15, -0.1) is 0 Å². The lowest BCUT2D eigenvalue weighted by Crippen LogP contribution is -2.49. The Kier molecular flexibility index (Phi) is 6.35. The van der Waals surface area contributed by atoms with Crippen LogP contribution >= 0.6 is 23.2 Å². The van der Waals surface area contributed by atoms with Crippen molar-refractivity contribution in [3.63, 3.8) is 0 Å². The van der Waals surface area contributed by atoms with Crippen molar-refractivity contribution >= 4 is 35.0 Å². The van der Waals surface area contributed by atoms with Crippen molar-refractivity contribution in [3.8, 4) is 0 Å². The van der Waals surface area contributed by atoms with Gasteiger partial charge in [0, 0.05) is 25.7 Å². The minimum atomic E-state index is -0.444. The fraction of sp³-hybridized carbons (Fsp3) is 0.556. The molecule has 2 N–H and O–H groups in total. The lowest BCUT2D eigenvalue weighted by Gasteiger charge is -2.33. The molecule has 5 nitrogen and oxygen atoms in total. The number of nitrogens with two attached hydrogens (primary N) is 1. The number of nitrogens with zero attached hydrogens (tertiary/aromatic N) is 2. The lowest BCUT2D eigenvalue weighted by molar-refractivity contribution is -0.135. The highest BCUT2D eigenvalue weighted by Gasteiger charge is 2.37. The third-order valence-corrected chi connectivity index (χ3v) is 5.30. The third-order valence-electron chi connectivity index (χ3n) is 4.56. The fourth-order valence-electron chi connectivity index (χ4n) is 3.10. The molecule has 1 heterocycles. The van der Waals surface area contributed by atoms with E-state index in [4.69, 9.17) is 28.9 Å². The van der Waals surface area contributed by atoms with E-state index in [0.29, 0.717) is 41.7 Å². The Morgan fingerprint density at radius 3 is 2.60 bits per heavy atom. The summed E-state index contributed by atoms with van der Waals surface area (Å²) in [6.45, 7) is 5.63. The Labute approximate surface area is 159 Å². The van der Waals surface area contributed by atoms with Crippen LogP contribution in [0.2, 0.25) is 10.0 Å². The molecule has 1 saturated heterocycles. The standard InChI is InChI=1S/C18H25Cl2N3O2/c1-18(2,10-21)11-22(3)17(25)15-5-4-8-23(15)16(24)12-6-7-13(19)14(20)9-12/h6-7,9,15H,4-5,8,10-11,21H2,1-3H3. The van der Waals surface area contributed by atoms with Crippen LogP contribution in [-0.2, 0) is 4.79 Å². The topological polar surface area (TPSA) is 66.6 Å². The van der Waals surface area contributed by atoms with Crippen LogP contribution in [0.3, 0.4) is 0 Å². The van der Waals surface area contributed by atoms with E-state index in [0.717, 1.165) is 6.42 Å². The van der Waals surface area contributed by atoms with Gasteiger partial charge < -0.3 is 15.5 Å². The predicted octanol–water partition coefficient (Wildman–Crippen LogP) is 3.04. The van der Waals surface area contributed by atoms with Gasteiger partial charge in [-0.2, -0.15) is 0 Å². The van der Waals surface area contributed by atoms with Gasteiger partial charge in [-0.3, -0.25) is 9.59 Å². The first-order valence-corrected chi connectivity index (χ1v) is 9.13. The number of likely N-dealkylation sites (tertiary alicyclic amines) is 1. The SMILES string of the molecule is CN(CC(C)(C)CN)C(=O)C1CCCN1C(=O)c1ccc(Cl)c(Cl)c1. The average Bonchev–Trinajstić information content (AvgIpc) is 3.05. The third kappa shape index (κ3) is 4.66. The van der Waals surface area contributed by atoms with Crippen molar-refractivity contribution in [1.82, 2.24) is 9.80 Å². The number of benzene rings is 1. The smallest absolute Gasteiger partial charge is 0.254 e. The monoisotopic (exact) mass is 385 g/mol. The van der Waals surface area contributed by atoms with Gasteiger partial charge in [-0.25, -0.2) is 0 Å². The molecule has 0 spiro atoms. The Morgan fingerprint density at radius 1 is 1.32 bits per heavy atom. The highest BCUT2D eigenvalue weighted by atomic mass is 35.5. The lowest BCUT2D eigenvalue weighted by atomic mass is 9.93. The number of carbonyl (C=O) groups excluding carboxylic acids is 2. The van der Waals surface area contributed by atoms with Gasteiger partial charge in [-0.1, -0.05) is 37.0 Å². The van der Waals surface area contributed by atoms with E-state index in [1.807, 2.05) is 13.8 Å². The first-order valence-electron chi connectivity index (χ1n) is 8.37. The Morgan fingerprint density at radius 2 is 2.00 bits per heavy atom. The van der Waals surface area contributed by atoms with Gasteiger partial charge in [0.05, 0.1) is 10.0 Å². The van der Waals surface area contributed by atoms with Crippen molar-refractivity contribution in [2.24, 2.45) is 11.1 Å². The number of hydrogen-bond donors (Lipinski definition) is 1. The number of halogens is 2. The second kappa shape index (κ2) is 7.94. The van der Waals surface area contributed by atoms with Crippen LogP contribution in [0.25, 0.3) is 0 Å². The molecule has 7 heteroatoms. The molecule has 25 heavy (non-hydrogen) atoms. The summed E-state index contributed by atoms with van der Waals surface area (Å²) in [6, 6.07) is 4.34. The van der Waals surface area contributed by atoms with Gasteiger partial charge in [0.1, 0.15) is 6.04 Å².